The third-order valence-corrected chi connectivity index (χ3v) is 25.5. The van der Waals surface area contributed by atoms with Crippen LogP contribution in [0.25, 0.3) is 0 Å². The van der Waals surface area contributed by atoms with E-state index < -0.39 is 218 Å². The molecule has 8 fully saturated rings. The number of likely N-dealkylation sites (N-methyl/N-ethyl adjacent to an activating group) is 7. The van der Waals surface area contributed by atoms with Crippen LogP contribution < -0.4 is 16.0 Å². The van der Waals surface area contributed by atoms with Crippen molar-refractivity contribution in [3.05, 3.63) is 0 Å². The molecular weight excluding hydrogens is 1440 g/mol. The van der Waals surface area contributed by atoms with E-state index in [2.05, 4.69) is 22.0 Å². The van der Waals surface area contributed by atoms with E-state index in [-0.39, 0.29) is 95.2 Å². The van der Waals surface area contributed by atoms with Crippen LogP contribution in [-0.2, 0) is 62.3 Å². The minimum atomic E-state index is -5.19. The molecule has 618 valence electrons. The van der Waals surface area contributed by atoms with Crippen molar-refractivity contribution >= 4 is 70.9 Å². The van der Waals surface area contributed by atoms with Gasteiger partial charge in [-0.15, -0.1) is 0 Å². The number of hydrogen-bond acceptors (Lipinski definition) is 14. The van der Waals surface area contributed by atoms with Crippen molar-refractivity contribution in [2.45, 2.75) is 285 Å². The summed E-state index contributed by atoms with van der Waals surface area (Å²) in [5.74, 6) is -14.8. The molecule has 3 N–H and O–H groups in total. The lowest BCUT2D eigenvalue weighted by Crippen LogP contribution is -2.68. The van der Waals surface area contributed by atoms with Crippen LogP contribution in [0.3, 0.4) is 0 Å². The first-order valence-electron chi connectivity index (χ1n) is 40.2. The molecule has 3 aliphatic heterocycles. The SMILES string of the molecule is CCO[C@@H]1C[C@H]2C(=O)NC3(CCC3)C(=O)N(C)[C@@H](C3CCCC3)C(=O)N(C)[C@H](C(=O)N(C)C)CC(=O)N(C)[C@@H](CC3CCCC(C#N)C3)C(=O)N[C@@H]([C@@H](C)CC)C(=O)N(C)CC(=O)N(C)[C@H]3CCCCCN(C3=O)[C@@H](CC3CCC(F)CC3)C(=O)N(C)CC(=O)N[C@@H](CCC3CC(F)C(C(F)(F)F)C(F)C3)C(=O)N2C1. The molecule has 8 rings (SSSR count). The first-order chi connectivity index (χ1) is 51.9. The second-order valence-electron chi connectivity index (χ2n) is 33.3. The summed E-state index contributed by atoms with van der Waals surface area (Å²) in [5, 5.41) is 18.7. The maximum absolute atomic E-state index is 15.7. The lowest BCUT2D eigenvalue weighted by atomic mass is 9.74. The molecule has 0 aromatic heterocycles. The van der Waals surface area contributed by atoms with E-state index in [9.17, 15) is 37.2 Å². The number of nitrogens with zero attached hydrogens (tertiary/aromatic N) is 10. The molecule has 3 saturated heterocycles. The van der Waals surface area contributed by atoms with Gasteiger partial charge in [-0.1, -0.05) is 58.8 Å². The summed E-state index contributed by atoms with van der Waals surface area (Å²) in [6, 6.07) is -8.63. The highest BCUT2D eigenvalue weighted by Crippen LogP contribution is 2.45. The molecule has 0 radical (unpaired) electrons. The van der Waals surface area contributed by atoms with Gasteiger partial charge in [-0.25, -0.2) is 13.2 Å². The highest BCUT2D eigenvalue weighted by molar-refractivity contribution is 6.01. The number of amides is 12. The quantitative estimate of drug-likeness (QED) is 0.168. The molecule has 26 nitrogen and oxygen atoms in total. The fourth-order valence-corrected chi connectivity index (χ4v) is 18.4. The molecular formula is C78H121F6N13O13. The molecule has 2 bridgehead atoms. The molecule has 14 atom stereocenters. The van der Waals surface area contributed by atoms with Crippen molar-refractivity contribution in [1.29, 1.82) is 5.26 Å². The summed E-state index contributed by atoms with van der Waals surface area (Å²) in [5.41, 5.74) is -1.68. The molecule has 5 saturated carbocycles. The lowest BCUT2D eigenvalue weighted by molar-refractivity contribution is -0.219. The highest BCUT2D eigenvalue weighted by atomic mass is 19.4. The Bertz CT molecular complexity index is 3300. The third-order valence-electron chi connectivity index (χ3n) is 25.5. The van der Waals surface area contributed by atoms with Crippen molar-refractivity contribution in [3.8, 4) is 6.07 Å². The molecule has 32 heteroatoms. The van der Waals surface area contributed by atoms with Gasteiger partial charge in [-0.3, -0.25) is 57.5 Å². The van der Waals surface area contributed by atoms with Gasteiger partial charge in [-0.2, -0.15) is 18.4 Å². The van der Waals surface area contributed by atoms with Crippen LogP contribution in [0.4, 0.5) is 26.3 Å². The largest absolute Gasteiger partial charge is 0.397 e. The summed E-state index contributed by atoms with van der Waals surface area (Å²) in [6.45, 7) is 3.74. The van der Waals surface area contributed by atoms with Crippen molar-refractivity contribution in [2.24, 2.45) is 41.4 Å². The summed E-state index contributed by atoms with van der Waals surface area (Å²) in [6.07, 6.45) is -7.03. The van der Waals surface area contributed by atoms with Crippen LogP contribution in [0, 0.1) is 52.8 Å². The van der Waals surface area contributed by atoms with Gasteiger partial charge in [0.2, 0.25) is 70.9 Å². The number of halogens is 6. The molecule has 0 aromatic rings. The number of hydrogen-bond donors (Lipinski definition) is 3. The Balaban J connectivity index is 1.21. The fourth-order valence-electron chi connectivity index (χ4n) is 18.4. The number of nitriles is 1. The summed E-state index contributed by atoms with van der Waals surface area (Å²) in [7, 11) is 11.2. The van der Waals surface area contributed by atoms with Gasteiger partial charge in [0.1, 0.15) is 78.3 Å². The normalized spacial score (nSPS) is 33.3. The predicted molar refractivity (Wildman–Crippen MR) is 393 cm³/mol. The van der Waals surface area contributed by atoms with Crippen LogP contribution in [0.5, 0.6) is 0 Å². The van der Waals surface area contributed by atoms with Gasteiger partial charge in [0, 0.05) is 88.4 Å². The van der Waals surface area contributed by atoms with Crippen LogP contribution in [0.1, 0.15) is 201 Å². The monoisotopic (exact) mass is 1560 g/mol. The van der Waals surface area contributed by atoms with Gasteiger partial charge in [0.15, 0.2) is 0 Å². The highest BCUT2D eigenvalue weighted by Gasteiger charge is 2.56. The smallest absolute Gasteiger partial charge is 0.377 e. The summed E-state index contributed by atoms with van der Waals surface area (Å²) >= 11 is 0. The number of ether oxygens (including phenoxy) is 1. The third kappa shape index (κ3) is 21.3. The molecule has 110 heavy (non-hydrogen) atoms. The second-order valence-corrected chi connectivity index (χ2v) is 33.3. The molecule has 1 spiro atoms. The molecule has 12 amide bonds. The molecule has 4 unspecified atom stereocenters. The minimum absolute atomic E-state index is 0.0229. The molecule has 8 aliphatic rings. The summed E-state index contributed by atoms with van der Waals surface area (Å²) in [4.78, 5) is 194. The zero-order valence-corrected chi connectivity index (χ0v) is 66.4. The van der Waals surface area contributed by atoms with E-state index >= 15 is 51.9 Å². The lowest BCUT2D eigenvalue weighted by Gasteiger charge is -2.46. The Labute approximate surface area is 644 Å². The van der Waals surface area contributed by atoms with Gasteiger partial charge >= 0.3 is 6.18 Å². The Kier molecular flexibility index (Phi) is 31.2. The Hall–Kier alpha value is -7.33. The molecule has 0 aromatic carbocycles. The first-order valence-corrected chi connectivity index (χ1v) is 40.2. The van der Waals surface area contributed by atoms with Gasteiger partial charge in [-0.05, 0) is 159 Å². The van der Waals surface area contributed by atoms with Crippen LogP contribution >= 0.6 is 0 Å². The van der Waals surface area contributed by atoms with Crippen molar-refractivity contribution in [1.82, 2.24) is 60.0 Å². The number of carbonyl (C=O) groups excluding carboxylic acids is 12. The average Bonchev–Trinajstić information content (AvgIpc) is 1.26. The van der Waals surface area contributed by atoms with E-state index in [1.807, 2.05) is 0 Å². The van der Waals surface area contributed by atoms with E-state index in [1.165, 1.54) is 80.9 Å². The minimum Gasteiger partial charge on any atom is -0.377 e. The Morgan fingerprint density at radius 3 is 1.85 bits per heavy atom. The van der Waals surface area contributed by atoms with Crippen molar-refractivity contribution < 1.29 is 88.6 Å². The zero-order valence-electron chi connectivity index (χ0n) is 66.4. The second kappa shape index (κ2) is 38.9. The van der Waals surface area contributed by atoms with E-state index in [0.717, 1.165) is 19.6 Å². The number of rotatable bonds is 13. The van der Waals surface area contributed by atoms with Gasteiger partial charge in [0.05, 0.1) is 31.7 Å². The number of alkyl halides is 6. The van der Waals surface area contributed by atoms with Gasteiger partial charge < -0.3 is 64.8 Å². The van der Waals surface area contributed by atoms with E-state index in [4.69, 9.17) is 4.74 Å². The molecule has 5 aliphatic carbocycles. The van der Waals surface area contributed by atoms with Crippen LogP contribution in [-0.4, -0.2) is 289 Å². The molecule has 3 heterocycles. The topological polar surface area (TPSA) is 303 Å². The maximum atomic E-state index is 15.7. The first kappa shape index (κ1) is 88.2. The van der Waals surface area contributed by atoms with Gasteiger partial charge in [0.25, 0.3) is 0 Å². The van der Waals surface area contributed by atoms with Crippen LogP contribution in [0.2, 0.25) is 0 Å². The van der Waals surface area contributed by atoms with Crippen LogP contribution in [0.15, 0.2) is 0 Å². The number of nitrogens with one attached hydrogen (secondary N) is 3. The Morgan fingerprint density at radius 2 is 1.25 bits per heavy atom. The number of carbonyl (C=O) groups is 12. The number of fused-ring (bicyclic) bond motifs is 3. The predicted octanol–water partition coefficient (Wildman–Crippen LogP) is 6.41. The zero-order chi connectivity index (χ0) is 81.0. The maximum Gasteiger partial charge on any atom is 0.397 e. The Morgan fingerprint density at radius 1 is 0.618 bits per heavy atom. The van der Waals surface area contributed by atoms with Crippen molar-refractivity contribution in [2.75, 3.05) is 89.2 Å². The van der Waals surface area contributed by atoms with E-state index in [1.54, 1.807) is 20.8 Å². The fraction of sp³-hybridized carbons (Fsp3) is 0.833. The standard InChI is InChI=1S/C78H121F6N13O13/c1-12-46(3)66-74(107)91(7)45-64(100)92(8)57-25-15-14-18-34-96(73(57)106)61(38-47-26-29-52(79)30-27-47)72(105)90(6)44-62(98)86-56(31-28-49-36-54(80)65(55(81)37-49)78(82,83)84)70(103)97-43-53(110-13-2)40-59(97)69(102)88-77(32-20-33-77)76(109)95(11)67(51-23-16-17-24-51)75(108)94(10)60(71(104)89(4)5)41-63(99)93(9)58(68(101)87-66)39-48-21-19-22-50(35-48)42-85/h46-61,65-67H,12-41,43-45H2,1-11H3,(H,86,98)(H,87,101)(H,88,102)/t46-,47?,48?,49?,50?,52?,53+,54?,55?,56-,57-,58-,59-,60-,61-,65?,66-,67-/m0/s1. The van der Waals surface area contributed by atoms with E-state index in [0.29, 0.717) is 96.3 Å². The van der Waals surface area contributed by atoms with Crippen molar-refractivity contribution in [3.63, 3.8) is 0 Å². The average molecular weight is 1560 g/mol. The summed E-state index contributed by atoms with van der Waals surface area (Å²) < 4.78 is 93.8.